The highest BCUT2D eigenvalue weighted by atomic mass is 32.7. The zero-order valence-electron chi connectivity index (χ0n) is 51.5. The van der Waals surface area contributed by atoms with E-state index in [4.69, 9.17) is 38.0 Å². The van der Waals surface area contributed by atoms with Crippen molar-refractivity contribution in [3.8, 4) is 5.88 Å². The lowest BCUT2D eigenvalue weighted by Crippen LogP contribution is -2.54. The first-order valence-electron chi connectivity index (χ1n) is 30.2. The molecule has 4 aliphatic rings. The molecular weight excluding hydrogens is 1320 g/mol. The van der Waals surface area contributed by atoms with Crippen LogP contribution in [0, 0.1) is 11.8 Å². The van der Waals surface area contributed by atoms with E-state index in [1.165, 1.54) is 47.3 Å². The highest BCUT2D eigenvalue weighted by molar-refractivity contribution is 8.44. The maximum atomic E-state index is 14.0. The molecule has 3 aliphatic heterocycles. The van der Waals surface area contributed by atoms with Crippen molar-refractivity contribution in [1.82, 2.24) is 55.2 Å². The maximum Gasteiger partial charge on any atom is 0.410 e. The molecule has 3 aromatic heterocycles. The van der Waals surface area contributed by atoms with Crippen LogP contribution in [0.5, 0.6) is 5.88 Å². The third kappa shape index (κ3) is 19.3. The van der Waals surface area contributed by atoms with Crippen molar-refractivity contribution in [2.75, 3.05) is 44.0 Å². The number of amides is 9. The Kier molecular flexibility index (Phi) is 24.0. The predicted octanol–water partition coefficient (Wildman–Crippen LogP) is 4.44. The molecule has 0 spiro atoms. The molecule has 1 saturated carbocycles. The maximum absolute atomic E-state index is 14.0. The van der Waals surface area contributed by atoms with Crippen LogP contribution in [0.2, 0.25) is 0 Å². The average Bonchev–Trinajstić information content (AvgIpc) is 1.62. The first-order chi connectivity index (χ1) is 45.3. The Morgan fingerprint density at radius 2 is 1.61 bits per heavy atom. The van der Waals surface area contributed by atoms with Gasteiger partial charge in [0.05, 0.1) is 25.6 Å². The molecule has 3 fully saturated rings. The molecular formula is C58H72N14O19P2S2. The minimum Gasteiger partial charge on any atom is -0.474 e. The van der Waals surface area contributed by atoms with Gasteiger partial charge < -0.3 is 55.7 Å². The van der Waals surface area contributed by atoms with Crippen LogP contribution in [-0.4, -0.2) is 168 Å². The number of imidazole rings is 1. The van der Waals surface area contributed by atoms with Gasteiger partial charge in [-0.25, -0.2) is 33.7 Å². The fourth-order valence-corrected chi connectivity index (χ4v) is 13.9. The predicted molar refractivity (Wildman–Crippen MR) is 343 cm³/mol. The van der Waals surface area contributed by atoms with Crippen molar-refractivity contribution in [3.63, 3.8) is 0 Å². The van der Waals surface area contributed by atoms with E-state index in [9.17, 15) is 57.4 Å². The van der Waals surface area contributed by atoms with E-state index in [1.54, 1.807) is 62.4 Å². The number of carbonyl (C=O) groups is 8. The van der Waals surface area contributed by atoms with E-state index in [0.717, 1.165) is 11.2 Å². The van der Waals surface area contributed by atoms with Crippen LogP contribution in [-0.2, 0) is 73.8 Å². The topological polar surface area (TPSA) is 438 Å². The first kappa shape index (κ1) is 71.2. The molecule has 95 heavy (non-hydrogen) atoms. The number of hydrogen-bond donors (Lipinski definition) is 10. The number of fused-ring (bicyclic) bond motifs is 4. The second kappa shape index (κ2) is 32.1. The fraction of sp³-hybridized carbons (Fsp3) is 0.466. The number of unbranched alkanes of at least 4 members (excludes halogenated alkanes) is 2. The molecule has 33 nitrogen and oxygen atoms in total. The van der Waals surface area contributed by atoms with Crippen LogP contribution >= 0.6 is 38.1 Å². The van der Waals surface area contributed by atoms with Crippen molar-refractivity contribution in [1.29, 1.82) is 0 Å². The standard InChI is InChI=1S/C58H72N14O19P2S2/c1-32(2)46(66-42(73)13-5-4-8-23-71-44(74)18-19-45(71)75)53(79)65-39(12-9-21-61-56(59)81)52(78)64-36-16-14-33(15-17-36)27-85-58(82)70(3)26-34-10-6-7-11-38(34)51(77)68-57-67-50-47(54(80)69-57)63-31-72(50)55-49-48(76)41(89-55)29-87-92(83,94)90-40-25-37(88-43-20-22-60-30-62-43)24-35(40)28-86-93(84,95)91-49/h6-7,10-11,14-20,22,30-32,35,37,39-41,46,48-49,55,76H,4-5,8-9,12-13,21,23-29H2,1-3H3,(H,64,78)(H,65,79)(H,66,73)(H,83,94)(H,84,95)(H3,59,61,81)(H2,67,68,69,77,80)/t35-,37-,39+,40+,41-,46+,48-,49-,55-,92-,93?/m1/s1. The highest BCUT2D eigenvalue weighted by Gasteiger charge is 2.51. The number of aromatic nitrogens is 6. The molecule has 1 unspecified atom stereocenters. The Labute approximate surface area is 553 Å². The van der Waals surface area contributed by atoms with Crippen molar-refractivity contribution in [2.24, 2.45) is 17.6 Å². The van der Waals surface area contributed by atoms with Crippen LogP contribution in [0.3, 0.4) is 0 Å². The van der Waals surface area contributed by atoms with E-state index < -0.39 is 116 Å². The quantitative estimate of drug-likeness (QED) is 0.0167. The lowest BCUT2D eigenvalue weighted by atomic mass is 10.0. The number of nitrogens with one attached hydrogen (secondary N) is 6. The van der Waals surface area contributed by atoms with Gasteiger partial charge in [0.1, 0.15) is 49.4 Å². The smallest absolute Gasteiger partial charge is 0.410 e. The van der Waals surface area contributed by atoms with Crippen LogP contribution < -0.4 is 42.6 Å². The normalized spacial score (nSPS) is 24.1. The Balaban J connectivity index is 0.785. The number of nitrogens with two attached hydrogens (primary N) is 1. The minimum atomic E-state index is -4.39. The van der Waals surface area contributed by atoms with Crippen LogP contribution in [0.4, 0.5) is 21.2 Å². The number of aliphatic hydroxyl groups is 1. The number of carbonyl (C=O) groups excluding carboxylic acids is 8. The zero-order chi connectivity index (χ0) is 68.1. The number of hydrogen-bond acceptors (Lipinski definition) is 23. The number of rotatable bonds is 25. The highest BCUT2D eigenvalue weighted by Crippen LogP contribution is 2.60. The molecule has 0 radical (unpaired) electrons. The molecule has 9 N–H and O–H groups in total. The van der Waals surface area contributed by atoms with Crippen molar-refractivity contribution >= 4 is 108 Å². The summed E-state index contributed by atoms with van der Waals surface area (Å²) >= 11 is 8.43. The van der Waals surface area contributed by atoms with E-state index in [0.29, 0.717) is 36.1 Å². The van der Waals surface area contributed by atoms with Crippen LogP contribution in [0.15, 0.2) is 90.4 Å². The van der Waals surface area contributed by atoms with Gasteiger partial charge in [0.25, 0.3) is 23.3 Å². The number of imide groups is 1. The van der Waals surface area contributed by atoms with Gasteiger partial charge in [0.15, 0.2) is 17.4 Å². The summed E-state index contributed by atoms with van der Waals surface area (Å²) in [6, 6.07) is 11.3. The van der Waals surface area contributed by atoms with Gasteiger partial charge in [0, 0.05) is 81.1 Å². The first-order valence-corrected chi connectivity index (χ1v) is 35.6. The zero-order valence-corrected chi connectivity index (χ0v) is 55.1. The number of urea groups is 1. The minimum absolute atomic E-state index is 0.0717. The van der Waals surface area contributed by atoms with Gasteiger partial charge in [-0.1, -0.05) is 75.1 Å². The summed E-state index contributed by atoms with van der Waals surface area (Å²) in [7, 11) is 1.45. The molecule has 9 rings (SSSR count). The molecule has 6 heterocycles. The number of primary amides is 1. The van der Waals surface area contributed by atoms with Crippen molar-refractivity contribution in [2.45, 2.75) is 127 Å². The molecule has 5 aromatic rings. The summed E-state index contributed by atoms with van der Waals surface area (Å²) < 4.78 is 69.8. The lowest BCUT2D eigenvalue weighted by molar-refractivity contribution is -0.137. The van der Waals surface area contributed by atoms with Crippen LogP contribution in [0.25, 0.3) is 11.2 Å². The molecule has 9 amide bonds. The average molecular weight is 1400 g/mol. The summed E-state index contributed by atoms with van der Waals surface area (Å²) in [4.78, 5) is 138. The summed E-state index contributed by atoms with van der Waals surface area (Å²) in [6.07, 6.45) is 0.530. The van der Waals surface area contributed by atoms with E-state index >= 15 is 0 Å². The molecule has 510 valence electrons. The van der Waals surface area contributed by atoms with E-state index in [2.05, 4.69) is 76.0 Å². The number of nitrogens with zero attached hydrogens (tertiary/aromatic N) is 7. The Morgan fingerprint density at radius 1 is 0.874 bits per heavy atom. The van der Waals surface area contributed by atoms with Gasteiger partial charge in [-0.2, -0.15) is 4.98 Å². The lowest BCUT2D eigenvalue weighted by Gasteiger charge is -2.26. The fourth-order valence-electron chi connectivity index (χ4n) is 10.8. The number of aromatic amines is 1. The van der Waals surface area contributed by atoms with Crippen molar-refractivity contribution < 1.29 is 84.9 Å². The number of H-pyrrole nitrogens is 1. The van der Waals surface area contributed by atoms with Gasteiger partial charge >= 0.3 is 25.7 Å². The number of anilines is 2. The molecule has 2 bridgehead atoms. The monoisotopic (exact) mass is 1390 g/mol. The van der Waals surface area contributed by atoms with Gasteiger partial charge in [-0.15, -0.1) is 0 Å². The van der Waals surface area contributed by atoms with Crippen LogP contribution in [0.1, 0.15) is 92.9 Å². The number of ether oxygens (including phenoxy) is 3. The SMILES string of the molecule is CC(C)[C@H](NC(=O)CCCCCN1C(=O)C=CC1=O)C(=O)N[C@@H](CCCNC(N)=O)C(=O)Nc1ccc(COC(=O)N(C)Cc2ccccc2C(=O)Nc2nc3c(ncn3[C@@H]3O[C@@H]4CO[P@@](=O)(S)O[C@H]5C[C@H](Oc6ccncn6)C[C@@H]5COP(=O)(S)O[C@@H]3[C@@H]4O)c(=O)[nH]2)cc1. The summed E-state index contributed by atoms with van der Waals surface area (Å²) in [5, 5.41) is 24.9. The number of aliphatic hydroxyl groups excluding tert-OH is 1. The Hall–Kier alpha value is -8.11. The number of thiol groups is 2. The third-order valence-corrected chi connectivity index (χ3v) is 18.9. The second-order valence-electron chi connectivity index (χ2n) is 23.0. The van der Waals surface area contributed by atoms with Crippen molar-refractivity contribution in [3.05, 3.63) is 113 Å². The molecule has 1 aliphatic carbocycles. The summed E-state index contributed by atoms with van der Waals surface area (Å²) in [5.74, 6) is -4.20. The second-order valence-corrected chi connectivity index (χ2v) is 28.8. The Bertz CT molecular complexity index is 3810. The van der Waals surface area contributed by atoms with E-state index in [1.807, 2.05) is 0 Å². The summed E-state index contributed by atoms with van der Waals surface area (Å²) in [6.45, 7) is -6.03. The molecule has 37 heteroatoms. The van der Waals surface area contributed by atoms with Gasteiger partial charge in [0.2, 0.25) is 29.5 Å². The third-order valence-electron chi connectivity index (χ3n) is 15.7. The summed E-state index contributed by atoms with van der Waals surface area (Å²) in [5.41, 5.74) is 5.25. The molecule has 11 atom stereocenters. The Morgan fingerprint density at radius 3 is 2.34 bits per heavy atom. The van der Waals surface area contributed by atoms with Gasteiger partial charge in [-0.05, 0) is 67.3 Å². The largest absolute Gasteiger partial charge is 0.474 e. The van der Waals surface area contributed by atoms with E-state index in [-0.39, 0.29) is 111 Å². The molecule has 2 saturated heterocycles. The number of benzene rings is 2. The van der Waals surface area contributed by atoms with Gasteiger partial charge in [-0.3, -0.25) is 66.9 Å². The molecule has 2 aromatic carbocycles.